The maximum absolute atomic E-state index is 12.0. The van der Waals surface area contributed by atoms with Gasteiger partial charge in [-0.3, -0.25) is 14.6 Å². The lowest BCUT2D eigenvalue weighted by molar-refractivity contribution is -0.118. The Hall–Kier alpha value is -2.69. The summed E-state index contributed by atoms with van der Waals surface area (Å²) in [5, 5.41) is 2.89. The van der Waals surface area contributed by atoms with Gasteiger partial charge in [-0.25, -0.2) is 0 Å². The second-order valence-corrected chi connectivity index (χ2v) is 5.33. The van der Waals surface area contributed by atoms with E-state index in [2.05, 4.69) is 16.4 Å². The zero-order chi connectivity index (χ0) is 15.5. The van der Waals surface area contributed by atoms with Crippen LogP contribution in [0.2, 0.25) is 0 Å². The highest BCUT2D eigenvalue weighted by Crippen LogP contribution is 2.27. The molecule has 0 bridgehead atoms. The number of benzene rings is 1. The van der Waals surface area contributed by atoms with Crippen LogP contribution in [0.25, 0.3) is 0 Å². The van der Waals surface area contributed by atoms with Crippen LogP contribution in [-0.2, 0) is 17.8 Å². The summed E-state index contributed by atoms with van der Waals surface area (Å²) in [5.41, 5.74) is 3.74. The van der Waals surface area contributed by atoms with Crippen LogP contribution in [-0.4, -0.2) is 23.8 Å². The molecule has 0 saturated heterocycles. The van der Waals surface area contributed by atoms with Gasteiger partial charge in [0.25, 0.3) is 5.91 Å². The van der Waals surface area contributed by atoms with Gasteiger partial charge in [-0.15, -0.1) is 0 Å². The summed E-state index contributed by atoms with van der Waals surface area (Å²) in [4.78, 5) is 29.3. The van der Waals surface area contributed by atoms with E-state index in [0.717, 1.165) is 23.2 Å². The first-order chi connectivity index (χ1) is 10.6. The Morgan fingerprint density at radius 3 is 2.77 bits per heavy atom. The topological polar surface area (TPSA) is 62.3 Å². The molecule has 0 aliphatic carbocycles. The minimum absolute atomic E-state index is 0.118. The first-order valence-electron chi connectivity index (χ1n) is 7.22. The number of hydrogen-bond acceptors (Lipinski definition) is 3. The summed E-state index contributed by atoms with van der Waals surface area (Å²) in [5.74, 6) is 0.0265. The second kappa shape index (κ2) is 5.97. The summed E-state index contributed by atoms with van der Waals surface area (Å²) in [7, 11) is 1.80. The molecule has 1 aromatic heterocycles. The fourth-order valence-corrected chi connectivity index (χ4v) is 2.61. The van der Waals surface area contributed by atoms with Gasteiger partial charge >= 0.3 is 0 Å². The predicted molar refractivity (Wildman–Crippen MR) is 83.6 cm³/mol. The Bertz CT molecular complexity index is 713. The lowest BCUT2D eigenvalue weighted by Gasteiger charge is -2.26. The van der Waals surface area contributed by atoms with E-state index < -0.39 is 0 Å². The number of aromatic nitrogens is 1. The van der Waals surface area contributed by atoms with Crippen LogP contribution in [0.4, 0.5) is 5.69 Å². The Balaban J connectivity index is 1.69. The Labute approximate surface area is 129 Å². The van der Waals surface area contributed by atoms with E-state index in [9.17, 15) is 9.59 Å². The Kier molecular flexibility index (Phi) is 3.87. The highest BCUT2D eigenvalue weighted by Gasteiger charge is 2.20. The molecule has 0 atom stereocenters. The molecule has 2 aromatic rings. The van der Waals surface area contributed by atoms with Crippen molar-refractivity contribution in [2.45, 2.75) is 19.4 Å². The summed E-state index contributed by atoms with van der Waals surface area (Å²) in [6.07, 6.45) is 4.49. The third-order valence-corrected chi connectivity index (χ3v) is 3.88. The van der Waals surface area contributed by atoms with Gasteiger partial charge in [-0.05, 0) is 35.7 Å². The van der Waals surface area contributed by atoms with Crippen molar-refractivity contribution < 1.29 is 9.59 Å². The largest absolute Gasteiger partial charge is 0.348 e. The van der Waals surface area contributed by atoms with E-state index >= 15 is 0 Å². The van der Waals surface area contributed by atoms with Crippen molar-refractivity contribution in [3.63, 3.8) is 0 Å². The predicted octanol–water partition coefficient (Wildman–Crippen LogP) is 1.92. The molecule has 0 unspecified atom stereocenters. The molecular weight excluding hydrogens is 278 g/mol. The normalized spacial score (nSPS) is 13.7. The van der Waals surface area contributed by atoms with Crippen molar-refractivity contribution >= 4 is 17.5 Å². The molecule has 2 heterocycles. The maximum Gasteiger partial charge on any atom is 0.251 e. The van der Waals surface area contributed by atoms with Gasteiger partial charge in [-0.2, -0.15) is 0 Å². The molecular formula is C17H17N3O2. The minimum Gasteiger partial charge on any atom is -0.348 e. The standard InChI is InChI=1S/C17H17N3O2/c1-20-15-4-2-12(10-14(15)3-5-16(20)21)11-19-17(22)13-6-8-18-9-7-13/h2,4,6-10H,3,5,11H2,1H3,(H,19,22). The lowest BCUT2D eigenvalue weighted by Crippen LogP contribution is -2.31. The van der Waals surface area contributed by atoms with Crippen LogP contribution in [0.3, 0.4) is 0 Å². The molecule has 2 amide bonds. The molecule has 0 saturated carbocycles. The minimum atomic E-state index is -0.118. The Morgan fingerprint density at radius 2 is 2.00 bits per heavy atom. The number of fused-ring (bicyclic) bond motifs is 1. The average Bonchev–Trinajstić information content (AvgIpc) is 2.57. The molecule has 0 radical (unpaired) electrons. The van der Waals surface area contributed by atoms with Gasteiger partial charge < -0.3 is 10.2 Å². The molecule has 5 nitrogen and oxygen atoms in total. The fourth-order valence-electron chi connectivity index (χ4n) is 2.61. The lowest BCUT2D eigenvalue weighted by atomic mass is 9.99. The van der Waals surface area contributed by atoms with Crippen molar-refractivity contribution in [3.8, 4) is 0 Å². The van der Waals surface area contributed by atoms with Crippen molar-refractivity contribution in [3.05, 3.63) is 59.4 Å². The van der Waals surface area contributed by atoms with E-state index in [1.165, 1.54) is 0 Å². The van der Waals surface area contributed by atoms with Crippen molar-refractivity contribution in [1.29, 1.82) is 0 Å². The third kappa shape index (κ3) is 2.83. The van der Waals surface area contributed by atoms with E-state index in [-0.39, 0.29) is 11.8 Å². The number of nitrogens with one attached hydrogen (secondary N) is 1. The van der Waals surface area contributed by atoms with Crippen LogP contribution in [0.5, 0.6) is 0 Å². The number of rotatable bonds is 3. The van der Waals surface area contributed by atoms with Crippen LogP contribution in [0, 0.1) is 0 Å². The summed E-state index contributed by atoms with van der Waals surface area (Å²) in [6.45, 7) is 0.464. The fraction of sp³-hybridized carbons (Fsp3) is 0.235. The molecule has 5 heteroatoms. The van der Waals surface area contributed by atoms with E-state index in [1.807, 2.05) is 12.1 Å². The highest BCUT2D eigenvalue weighted by atomic mass is 16.2. The molecule has 1 aliphatic rings. The summed E-state index contributed by atoms with van der Waals surface area (Å²) in [6, 6.07) is 9.32. The summed E-state index contributed by atoms with van der Waals surface area (Å²) < 4.78 is 0. The van der Waals surface area contributed by atoms with E-state index in [0.29, 0.717) is 18.5 Å². The van der Waals surface area contributed by atoms with Crippen LogP contribution in [0.1, 0.15) is 27.9 Å². The number of aryl methyl sites for hydroxylation is 1. The first kappa shape index (κ1) is 14.3. The number of carbonyl (C=O) groups excluding carboxylic acids is 2. The van der Waals surface area contributed by atoms with E-state index in [1.54, 1.807) is 36.5 Å². The van der Waals surface area contributed by atoms with Gasteiger partial charge in [0.2, 0.25) is 5.91 Å². The molecule has 112 valence electrons. The number of hydrogen-bond donors (Lipinski definition) is 1. The molecule has 1 aromatic carbocycles. The van der Waals surface area contributed by atoms with Crippen LogP contribution >= 0.6 is 0 Å². The summed E-state index contributed by atoms with van der Waals surface area (Å²) >= 11 is 0. The van der Waals surface area contributed by atoms with Crippen molar-refractivity contribution in [2.24, 2.45) is 0 Å². The Morgan fingerprint density at radius 1 is 1.23 bits per heavy atom. The SMILES string of the molecule is CN1C(=O)CCc2cc(CNC(=O)c3ccncc3)ccc21. The van der Waals surface area contributed by atoms with Crippen LogP contribution < -0.4 is 10.2 Å². The number of anilines is 1. The molecule has 0 spiro atoms. The number of pyridine rings is 1. The monoisotopic (exact) mass is 295 g/mol. The van der Waals surface area contributed by atoms with Gasteiger partial charge in [-0.1, -0.05) is 12.1 Å². The maximum atomic E-state index is 12.0. The number of nitrogens with zero attached hydrogens (tertiary/aromatic N) is 2. The van der Waals surface area contributed by atoms with Gasteiger partial charge in [0, 0.05) is 43.7 Å². The second-order valence-electron chi connectivity index (χ2n) is 5.33. The smallest absolute Gasteiger partial charge is 0.251 e. The third-order valence-electron chi connectivity index (χ3n) is 3.88. The van der Waals surface area contributed by atoms with Crippen molar-refractivity contribution in [1.82, 2.24) is 10.3 Å². The van der Waals surface area contributed by atoms with Gasteiger partial charge in [0.05, 0.1) is 0 Å². The molecule has 1 aliphatic heterocycles. The zero-order valence-corrected chi connectivity index (χ0v) is 12.4. The number of amides is 2. The number of carbonyl (C=O) groups is 2. The molecule has 1 N–H and O–H groups in total. The first-order valence-corrected chi connectivity index (χ1v) is 7.22. The van der Waals surface area contributed by atoms with E-state index in [4.69, 9.17) is 0 Å². The molecule has 0 fully saturated rings. The zero-order valence-electron chi connectivity index (χ0n) is 12.4. The quantitative estimate of drug-likeness (QED) is 0.941. The molecule has 22 heavy (non-hydrogen) atoms. The highest BCUT2D eigenvalue weighted by molar-refractivity contribution is 5.96. The van der Waals surface area contributed by atoms with Crippen LogP contribution in [0.15, 0.2) is 42.7 Å². The molecule has 3 rings (SSSR count). The van der Waals surface area contributed by atoms with Crippen molar-refractivity contribution in [2.75, 3.05) is 11.9 Å². The van der Waals surface area contributed by atoms with Gasteiger partial charge in [0.1, 0.15) is 0 Å². The average molecular weight is 295 g/mol. The van der Waals surface area contributed by atoms with Gasteiger partial charge in [0.15, 0.2) is 0 Å².